The Hall–Kier alpha value is -2.42. The highest BCUT2D eigenvalue weighted by Crippen LogP contribution is 2.34. The maximum absolute atomic E-state index is 13.8. The molecular weight excluding hydrogens is 328 g/mol. The van der Waals surface area contributed by atoms with Gasteiger partial charge < -0.3 is 10.6 Å². The van der Waals surface area contributed by atoms with Crippen molar-refractivity contribution < 1.29 is 22.4 Å². The summed E-state index contributed by atoms with van der Waals surface area (Å²) in [7, 11) is 1.66. The molecule has 0 aliphatic carbocycles. The molecule has 9 heteroatoms. The Morgan fingerprint density at radius 3 is 2.58 bits per heavy atom. The van der Waals surface area contributed by atoms with Gasteiger partial charge in [-0.2, -0.15) is 18.3 Å². The lowest BCUT2D eigenvalue weighted by Gasteiger charge is -2.14. The maximum atomic E-state index is 13.8. The average Bonchev–Trinajstić information content (AvgIpc) is 2.97. The van der Waals surface area contributed by atoms with Gasteiger partial charge in [0.05, 0.1) is 11.8 Å². The zero-order chi connectivity index (χ0) is 17.9. The molecule has 0 fully saturated rings. The van der Waals surface area contributed by atoms with Gasteiger partial charge in [-0.25, -0.2) is 9.07 Å². The van der Waals surface area contributed by atoms with Crippen molar-refractivity contribution in [3.8, 4) is 5.69 Å². The quantitative estimate of drug-likeness (QED) is 0.819. The molecule has 1 atom stereocenters. The molecule has 2 N–H and O–H groups in total. The van der Waals surface area contributed by atoms with Crippen molar-refractivity contribution in [1.29, 1.82) is 0 Å². The van der Waals surface area contributed by atoms with Crippen molar-refractivity contribution in [2.75, 3.05) is 13.6 Å². The van der Waals surface area contributed by atoms with E-state index < -0.39 is 29.2 Å². The molecule has 24 heavy (non-hydrogen) atoms. The molecule has 2 aromatic rings. The largest absolute Gasteiger partial charge is 0.434 e. The molecule has 1 unspecified atom stereocenters. The number of nitrogens with one attached hydrogen (secondary N) is 2. The molecule has 0 spiro atoms. The van der Waals surface area contributed by atoms with Crippen LogP contribution in [0.2, 0.25) is 0 Å². The van der Waals surface area contributed by atoms with Crippen LogP contribution in [0.15, 0.2) is 30.5 Å². The highest BCUT2D eigenvalue weighted by atomic mass is 19.4. The summed E-state index contributed by atoms with van der Waals surface area (Å²) < 4.78 is 54.4. The van der Waals surface area contributed by atoms with Gasteiger partial charge in [-0.05, 0) is 26.1 Å². The molecule has 0 aliphatic rings. The van der Waals surface area contributed by atoms with Crippen molar-refractivity contribution in [1.82, 2.24) is 20.4 Å². The zero-order valence-corrected chi connectivity index (χ0v) is 13.0. The lowest BCUT2D eigenvalue weighted by atomic mass is 10.2. The number of halogens is 4. The highest BCUT2D eigenvalue weighted by molar-refractivity contribution is 5.95. The second-order valence-electron chi connectivity index (χ2n) is 5.17. The van der Waals surface area contributed by atoms with Crippen LogP contribution in [0.5, 0.6) is 0 Å². The Bertz CT molecular complexity index is 727. The smallest absolute Gasteiger partial charge is 0.350 e. The summed E-state index contributed by atoms with van der Waals surface area (Å²) in [5.74, 6) is -1.80. The summed E-state index contributed by atoms with van der Waals surface area (Å²) in [5.41, 5.74) is -2.36. The third-order valence-electron chi connectivity index (χ3n) is 3.42. The third-order valence-corrected chi connectivity index (χ3v) is 3.42. The average molecular weight is 344 g/mol. The van der Waals surface area contributed by atoms with Crippen LogP contribution in [-0.4, -0.2) is 35.3 Å². The SMILES string of the molecule is CNC(C)CNC(=O)c1cnn(-c2ccccc2F)c1C(F)(F)F. The second-order valence-corrected chi connectivity index (χ2v) is 5.17. The Kier molecular flexibility index (Phi) is 5.23. The fourth-order valence-corrected chi connectivity index (χ4v) is 2.04. The van der Waals surface area contributed by atoms with E-state index in [4.69, 9.17) is 0 Å². The summed E-state index contributed by atoms with van der Waals surface area (Å²) >= 11 is 0. The normalized spacial score (nSPS) is 12.9. The van der Waals surface area contributed by atoms with E-state index in [1.807, 2.05) is 0 Å². The molecule has 0 aliphatic heterocycles. The van der Waals surface area contributed by atoms with Crippen molar-refractivity contribution in [3.05, 3.63) is 47.5 Å². The van der Waals surface area contributed by atoms with Gasteiger partial charge >= 0.3 is 6.18 Å². The molecule has 1 amide bonds. The van der Waals surface area contributed by atoms with Crippen LogP contribution in [0.4, 0.5) is 17.6 Å². The Morgan fingerprint density at radius 1 is 1.33 bits per heavy atom. The van der Waals surface area contributed by atoms with E-state index in [-0.39, 0.29) is 18.3 Å². The number of amides is 1. The molecule has 130 valence electrons. The minimum Gasteiger partial charge on any atom is -0.350 e. The Balaban J connectivity index is 2.44. The molecule has 1 aromatic heterocycles. The summed E-state index contributed by atoms with van der Waals surface area (Å²) in [6.45, 7) is 1.89. The summed E-state index contributed by atoms with van der Waals surface area (Å²) in [5, 5.41) is 8.80. The number of carbonyl (C=O) groups is 1. The van der Waals surface area contributed by atoms with Crippen molar-refractivity contribution in [2.24, 2.45) is 0 Å². The van der Waals surface area contributed by atoms with Crippen LogP contribution >= 0.6 is 0 Å². The van der Waals surface area contributed by atoms with E-state index in [1.165, 1.54) is 12.1 Å². The Labute approximate surface area is 135 Å². The Morgan fingerprint density at radius 2 is 2.00 bits per heavy atom. The van der Waals surface area contributed by atoms with Crippen LogP contribution in [0.3, 0.4) is 0 Å². The summed E-state index contributed by atoms with van der Waals surface area (Å²) in [6.07, 6.45) is -4.09. The topological polar surface area (TPSA) is 58.9 Å². The minimum absolute atomic E-state index is 0.120. The molecule has 5 nitrogen and oxygen atoms in total. The van der Waals surface area contributed by atoms with Gasteiger partial charge in [0.2, 0.25) is 0 Å². The number of rotatable bonds is 5. The number of hydrogen-bond acceptors (Lipinski definition) is 3. The van der Waals surface area contributed by atoms with Gasteiger partial charge in [0.1, 0.15) is 11.5 Å². The van der Waals surface area contributed by atoms with Crippen LogP contribution < -0.4 is 10.6 Å². The molecule has 0 bridgehead atoms. The van der Waals surface area contributed by atoms with Gasteiger partial charge in [0.25, 0.3) is 5.91 Å². The van der Waals surface area contributed by atoms with Gasteiger partial charge in [-0.1, -0.05) is 12.1 Å². The minimum atomic E-state index is -4.87. The van der Waals surface area contributed by atoms with Gasteiger partial charge in [-0.3, -0.25) is 4.79 Å². The molecule has 0 radical (unpaired) electrons. The highest BCUT2D eigenvalue weighted by Gasteiger charge is 2.41. The van der Waals surface area contributed by atoms with Gasteiger partial charge in [-0.15, -0.1) is 0 Å². The molecule has 0 saturated heterocycles. The first-order chi connectivity index (χ1) is 11.3. The van der Waals surface area contributed by atoms with Crippen molar-refractivity contribution in [2.45, 2.75) is 19.1 Å². The first-order valence-corrected chi connectivity index (χ1v) is 7.11. The molecular formula is C15H16F4N4O. The lowest BCUT2D eigenvalue weighted by molar-refractivity contribution is -0.143. The van der Waals surface area contributed by atoms with Crippen LogP contribution in [0.25, 0.3) is 5.69 Å². The van der Waals surface area contributed by atoms with Gasteiger partial charge in [0, 0.05) is 12.6 Å². The number of carbonyl (C=O) groups excluding carboxylic acids is 1. The van der Waals surface area contributed by atoms with Crippen molar-refractivity contribution >= 4 is 5.91 Å². The predicted molar refractivity (Wildman–Crippen MR) is 79.4 cm³/mol. The second kappa shape index (κ2) is 7.00. The van der Waals surface area contributed by atoms with Crippen molar-refractivity contribution in [3.63, 3.8) is 0 Å². The third kappa shape index (κ3) is 3.73. The van der Waals surface area contributed by atoms with E-state index >= 15 is 0 Å². The number of hydrogen-bond donors (Lipinski definition) is 2. The lowest BCUT2D eigenvalue weighted by Crippen LogP contribution is -2.37. The van der Waals surface area contributed by atoms with E-state index in [0.717, 1.165) is 18.3 Å². The molecule has 0 saturated carbocycles. The summed E-state index contributed by atoms with van der Waals surface area (Å²) in [4.78, 5) is 12.1. The molecule has 1 heterocycles. The molecule has 1 aromatic carbocycles. The van der Waals surface area contributed by atoms with Crippen LogP contribution in [0, 0.1) is 5.82 Å². The molecule has 2 rings (SSSR count). The fraction of sp³-hybridized carbons (Fsp3) is 0.333. The standard InChI is InChI=1S/C15H16F4N4O/c1-9(20-2)7-21-14(24)10-8-22-23(13(10)15(17,18)19)12-6-4-3-5-11(12)16/h3-6,8-9,20H,7H2,1-2H3,(H,21,24). The maximum Gasteiger partial charge on any atom is 0.434 e. The number of nitrogens with zero attached hydrogens (tertiary/aromatic N) is 2. The van der Waals surface area contributed by atoms with Crippen LogP contribution in [-0.2, 0) is 6.18 Å². The van der Waals surface area contributed by atoms with E-state index in [0.29, 0.717) is 4.68 Å². The summed E-state index contributed by atoms with van der Waals surface area (Å²) in [6, 6.07) is 4.79. The predicted octanol–water partition coefficient (Wildman–Crippen LogP) is 2.37. The fourth-order valence-electron chi connectivity index (χ4n) is 2.04. The number of alkyl halides is 3. The van der Waals surface area contributed by atoms with E-state index in [2.05, 4.69) is 15.7 Å². The monoisotopic (exact) mass is 344 g/mol. The number of benzene rings is 1. The zero-order valence-electron chi connectivity index (χ0n) is 13.0. The van der Waals surface area contributed by atoms with E-state index in [9.17, 15) is 22.4 Å². The van der Waals surface area contributed by atoms with Crippen LogP contribution in [0.1, 0.15) is 23.0 Å². The first-order valence-electron chi connectivity index (χ1n) is 7.11. The number of aromatic nitrogens is 2. The van der Waals surface area contributed by atoms with Gasteiger partial charge in [0.15, 0.2) is 5.69 Å². The first kappa shape index (κ1) is 17.9. The van der Waals surface area contributed by atoms with E-state index in [1.54, 1.807) is 14.0 Å². The number of likely N-dealkylation sites (N-methyl/N-ethyl adjacent to an activating group) is 1. The number of para-hydroxylation sites is 1.